The number of rotatable bonds is 3. The lowest BCUT2D eigenvalue weighted by Gasteiger charge is -2.17. The number of carbonyl (C=O) groups excluding carboxylic acids is 2. The first-order valence-corrected chi connectivity index (χ1v) is 6.69. The highest BCUT2D eigenvalue weighted by atomic mass is 16.7. The highest BCUT2D eigenvalue weighted by molar-refractivity contribution is 5.96. The van der Waals surface area contributed by atoms with E-state index in [4.69, 9.17) is 9.47 Å². The van der Waals surface area contributed by atoms with E-state index < -0.39 is 6.09 Å². The number of nitrogens with one attached hydrogen (secondary N) is 1. The summed E-state index contributed by atoms with van der Waals surface area (Å²) in [5.41, 5.74) is 0.782. The molecule has 1 N–H and O–H groups in total. The number of hydrogen-bond donors (Lipinski definition) is 1. The van der Waals surface area contributed by atoms with Crippen molar-refractivity contribution in [1.82, 2.24) is 5.32 Å². The van der Waals surface area contributed by atoms with E-state index in [0.717, 1.165) is 5.69 Å². The molecule has 0 aromatic heterocycles. The quantitative estimate of drug-likeness (QED) is 0.903. The molecule has 0 saturated carbocycles. The zero-order valence-electron chi connectivity index (χ0n) is 11.6. The van der Waals surface area contributed by atoms with Crippen molar-refractivity contribution in [3.63, 3.8) is 0 Å². The van der Waals surface area contributed by atoms with Gasteiger partial charge in [-0.1, -0.05) is 0 Å². The number of methoxy groups -OCH3 is 1. The molecule has 0 unspecified atom stereocenters. The average molecular weight is 292 g/mol. The summed E-state index contributed by atoms with van der Waals surface area (Å²) in [7, 11) is 1.31. The molecule has 2 aliphatic heterocycles. The second-order valence-electron chi connectivity index (χ2n) is 4.98. The molecule has 21 heavy (non-hydrogen) atoms. The molecule has 2 heterocycles. The molecule has 1 saturated heterocycles. The lowest BCUT2D eigenvalue weighted by atomic mass is 10.1. The van der Waals surface area contributed by atoms with E-state index >= 15 is 0 Å². The Balaban J connectivity index is 1.66. The van der Waals surface area contributed by atoms with E-state index in [1.165, 1.54) is 7.11 Å². The third kappa shape index (κ3) is 2.72. The highest BCUT2D eigenvalue weighted by Gasteiger charge is 2.31. The van der Waals surface area contributed by atoms with Gasteiger partial charge < -0.3 is 24.4 Å². The smallest absolute Gasteiger partial charge is 0.406 e. The van der Waals surface area contributed by atoms with Crippen molar-refractivity contribution in [2.45, 2.75) is 6.42 Å². The SMILES string of the molecule is COC(=O)NC[C@H]1CC(=O)N(c2ccc3c(c2)OCO3)C1. The van der Waals surface area contributed by atoms with Gasteiger partial charge in [0.05, 0.1) is 7.11 Å². The van der Waals surface area contributed by atoms with Crippen molar-refractivity contribution >= 4 is 17.7 Å². The zero-order valence-corrected chi connectivity index (χ0v) is 11.6. The van der Waals surface area contributed by atoms with Crippen LogP contribution in [0.3, 0.4) is 0 Å². The normalized spacial score (nSPS) is 19.8. The van der Waals surface area contributed by atoms with E-state index in [1.807, 2.05) is 6.07 Å². The molecule has 1 aromatic rings. The van der Waals surface area contributed by atoms with Gasteiger partial charge in [-0.3, -0.25) is 4.79 Å². The standard InChI is InChI=1S/C14H16N2O5/c1-19-14(18)15-6-9-4-13(17)16(7-9)10-2-3-11-12(5-10)21-8-20-11/h2-3,5,9H,4,6-8H2,1H3,(H,15,18)/t9-/m1/s1. The summed E-state index contributed by atoms with van der Waals surface area (Å²) in [6.45, 7) is 1.18. The molecule has 3 rings (SSSR count). The number of nitrogens with zero attached hydrogens (tertiary/aromatic N) is 1. The van der Waals surface area contributed by atoms with Crippen LogP contribution in [-0.2, 0) is 9.53 Å². The Morgan fingerprint density at radius 1 is 1.43 bits per heavy atom. The Labute approximate surface area is 121 Å². The van der Waals surface area contributed by atoms with E-state index in [-0.39, 0.29) is 18.6 Å². The van der Waals surface area contributed by atoms with Crippen LogP contribution in [0, 0.1) is 5.92 Å². The monoisotopic (exact) mass is 292 g/mol. The average Bonchev–Trinajstić information content (AvgIpc) is 3.10. The summed E-state index contributed by atoms with van der Waals surface area (Å²) in [4.78, 5) is 24.9. The molecule has 0 spiro atoms. The summed E-state index contributed by atoms with van der Waals surface area (Å²) < 4.78 is 15.1. The fraction of sp³-hybridized carbons (Fsp3) is 0.429. The van der Waals surface area contributed by atoms with Crippen molar-refractivity contribution < 1.29 is 23.8 Å². The lowest BCUT2D eigenvalue weighted by Crippen LogP contribution is -2.31. The second kappa shape index (κ2) is 5.51. The van der Waals surface area contributed by atoms with Gasteiger partial charge in [-0.15, -0.1) is 0 Å². The molecule has 0 aliphatic carbocycles. The van der Waals surface area contributed by atoms with Gasteiger partial charge in [0.1, 0.15) is 0 Å². The minimum absolute atomic E-state index is 0.0329. The van der Waals surface area contributed by atoms with Gasteiger partial charge in [-0.2, -0.15) is 0 Å². The molecule has 1 fully saturated rings. The van der Waals surface area contributed by atoms with Crippen LogP contribution in [-0.4, -0.2) is 39.0 Å². The fourth-order valence-electron chi connectivity index (χ4n) is 2.52. The Kier molecular flexibility index (Phi) is 3.55. The van der Waals surface area contributed by atoms with Crippen molar-refractivity contribution in [3.8, 4) is 11.5 Å². The third-order valence-corrected chi connectivity index (χ3v) is 3.59. The predicted octanol–water partition coefficient (Wildman–Crippen LogP) is 1.12. The summed E-state index contributed by atoms with van der Waals surface area (Å²) in [6.07, 6.45) is -0.0812. The first-order valence-electron chi connectivity index (χ1n) is 6.69. The van der Waals surface area contributed by atoms with Crippen molar-refractivity contribution in [2.75, 3.05) is 31.9 Å². The van der Waals surface area contributed by atoms with Crippen molar-refractivity contribution in [1.29, 1.82) is 0 Å². The Morgan fingerprint density at radius 2 is 2.24 bits per heavy atom. The largest absolute Gasteiger partial charge is 0.454 e. The van der Waals surface area contributed by atoms with Crippen LogP contribution in [0.15, 0.2) is 18.2 Å². The Hall–Kier alpha value is -2.44. The first-order chi connectivity index (χ1) is 10.2. The number of fused-ring (bicyclic) bond motifs is 1. The fourth-order valence-corrected chi connectivity index (χ4v) is 2.52. The summed E-state index contributed by atoms with van der Waals surface area (Å²) >= 11 is 0. The number of anilines is 1. The number of amides is 2. The topological polar surface area (TPSA) is 77.1 Å². The Morgan fingerprint density at radius 3 is 3.05 bits per heavy atom. The molecule has 7 heteroatoms. The van der Waals surface area contributed by atoms with Crippen LogP contribution in [0.1, 0.15) is 6.42 Å². The van der Waals surface area contributed by atoms with E-state index in [9.17, 15) is 9.59 Å². The summed E-state index contributed by atoms with van der Waals surface area (Å²) in [5, 5.41) is 2.62. The molecular formula is C14H16N2O5. The van der Waals surface area contributed by atoms with Gasteiger partial charge in [0, 0.05) is 37.2 Å². The molecule has 1 aromatic carbocycles. The lowest BCUT2D eigenvalue weighted by molar-refractivity contribution is -0.117. The van der Waals surface area contributed by atoms with Gasteiger partial charge in [0.15, 0.2) is 11.5 Å². The van der Waals surface area contributed by atoms with E-state index in [1.54, 1.807) is 17.0 Å². The van der Waals surface area contributed by atoms with E-state index in [0.29, 0.717) is 31.0 Å². The van der Waals surface area contributed by atoms with Crippen molar-refractivity contribution in [3.05, 3.63) is 18.2 Å². The zero-order chi connectivity index (χ0) is 14.8. The molecule has 1 atom stereocenters. The van der Waals surface area contributed by atoms with Gasteiger partial charge >= 0.3 is 6.09 Å². The minimum Gasteiger partial charge on any atom is -0.454 e. The maximum Gasteiger partial charge on any atom is 0.406 e. The van der Waals surface area contributed by atoms with Crippen LogP contribution in [0.4, 0.5) is 10.5 Å². The maximum absolute atomic E-state index is 12.1. The van der Waals surface area contributed by atoms with Crippen LogP contribution >= 0.6 is 0 Å². The van der Waals surface area contributed by atoms with Crippen LogP contribution in [0.2, 0.25) is 0 Å². The van der Waals surface area contributed by atoms with Crippen molar-refractivity contribution in [2.24, 2.45) is 5.92 Å². The van der Waals surface area contributed by atoms with Gasteiger partial charge in [-0.05, 0) is 12.1 Å². The summed E-state index contributed by atoms with van der Waals surface area (Å²) in [6, 6.07) is 5.43. The van der Waals surface area contributed by atoms with Crippen LogP contribution < -0.4 is 19.7 Å². The molecule has 112 valence electrons. The predicted molar refractivity (Wildman–Crippen MR) is 73.4 cm³/mol. The number of hydrogen-bond acceptors (Lipinski definition) is 5. The second-order valence-corrected chi connectivity index (χ2v) is 4.98. The molecule has 0 bridgehead atoms. The number of ether oxygens (including phenoxy) is 3. The molecule has 2 amide bonds. The first kappa shape index (κ1) is 13.5. The van der Waals surface area contributed by atoms with Gasteiger partial charge in [0.2, 0.25) is 12.7 Å². The maximum atomic E-state index is 12.1. The molecular weight excluding hydrogens is 276 g/mol. The van der Waals surface area contributed by atoms with Crippen LogP contribution in [0.5, 0.6) is 11.5 Å². The summed E-state index contributed by atoms with van der Waals surface area (Å²) in [5.74, 6) is 1.44. The van der Waals surface area contributed by atoms with Gasteiger partial charge in [0.25, 0.3) is 0 Å². The minimum atomic E-state index is -0.482. The number of alkyl carbamates (subject to hydrolysis) is 1. The molecule has 7 nitrogen and oxygen atoms in total. The molecule has 2 aliphatic rings. The third-order valence-electron chi connectivity index (χ3n) is 3.59. The van der Waals surface area contributed by atoms with Crippen LogP contribution in [0.25, 0.3) is 0 Å². The van der Waals surface area contributed by atoms with Gasteiger partial charge in [-0.25, -0.2) is 4.79 Å². The molecule has 0 radical (unpaired) electrons. The number of carbonyl (C=O) groups is 2. The Bertz CT molecular complexity index is 574. The number of benzene rings is 1. The van der Waals surface area contributed by atoms with E-state index in [2.05, 4.69) is 10.1 Å². The highest BCUT2D eigenvalue weighted by Crippen LogP contribution is 2.37.